The monoisotopic (exact) mass is 384 g/mol. The molecule has 2 aromatic carbocycles. The minimum absolute atomic E-state index is 0. The number of rotatable bonds is 4. The van der Waals surface area contributed by atoms with Crippen molar-refractivity contribution in [3.8, 4) is 0 Å². The standard InChI is InChI=1S/C16H17OS.HI/c1-18(2)16(14-11-7-4-8-12-14)15(17)13-9-5-3-6-10-13;/h3-12,16H,1-2H3;1H/q+1;/p-1. The predicted molar refractivity (Wildman–Crippen MR) is 79.2 cm³/mol. The van der Waals surface area contributed by atoms with Crippen molar-refractivity contribution in [3.63, 3.8) is 0 Å². The molecular weight excluding hydrogens is 367 g/mol. The fraction of sp³-hybridized carbons (Fsp3) is 0.188. The van der Waals surface area contributed by atoms with Crippen LogP contribution >= 0.6 is 0 Å². The van der Waals surface area contributed by atoms with Crippen LogP contribution in [0.3, 0.4) is 0 Å². The Morgan fingerprint density at radius 3 is 1.84 bits per heavy atom. The van der Waals surface area contributed by atoms with Crippen LogP contribution in [0.4, 0.5) is 0 Å². The molecule has 1 nitrogen and oxygen atoms in total. The van der Waals surface area contributed by atoms with Crippen LogP contribution in [0, 0.1) is 0 Å². The van der Waals surface area contributed by atoms with Crippen molar-refractivity contribution in [2.45, 2.75) is 5.25 Å². The smallest absolute Gasteiger partial charge is 0.219 e. The van der Waals surface area contributed by atoms with Gasteiger partial charge in [0, 0.05) is 11.1 Å². The first-order valence-corrected chi connectivity index (χ1v) is 8.01. The van der Waals surface area contributed by atoms with Gasteiger partial charge in [-0.15, -0.1) is 0 Å². The van der Waals surface area contributed by atoms with E-state index in [4.69, 9.17) is 0 Å². The molecule has 0 bridgehead atoms. The van der Waals surface area contributed by atoms with Gasteiger partial charge in [-0.2, -0.15) is 0 Å². The van der Waals surface area contributed by atoms with Gasteiger partial charge in [0.2, 0.25) is 11.0 Å². The Balaban J connectivity index is 0.00000180. The normalized spacial score (nSPS) is 11.7. The molecule has 3 heteroatoms. The number of carbonyl (C=O) groups is 1. The molecule has 2 aromatic rings. The third-order valence-corrected chi connectivity index (χ3v) is 4.30. The summed E-state index contributed by atoms with van der Waals surface area (Å²) in [7, 11) is 0.0155. The lowest BCUT2D eigenvalue weighted by molar-refractivity contribution is -0.0000117. The Kier molecular flexibility index (Phi) is 6.58. The average molecular weight is 384 g/mol. The minimum atomic E-state index is -0.0337. The van der Waals surface area contributed by atoms with Gasteiger partial charge >= 0.3 is 0 Å². The van der Waals surface area contributed by atoms with Crippen molar-refractivity contribution in [1.82, 2.24) is 0 Å². The molecule has 0 radical (unpaired) electrons. The molecule has 0 N–H and O–H groups in total. The summed E-state index contributed by atoms with van der Waals surface area (Å²) in [4.78, 5) is 12.6. The second kappa shape index (κ2) is 7.70. The fourth-order valence-corrected chi connectivity index (χ4v) is 3.28. The molecule has 0 saturated carbocycles. The summed E-state index contributed by atoms with van der Waals surface area (Å²) in [5.74, 6) is 0.218. The van der Waals surface area contributed by atoms with E-state index in [1.807, 2.05) is 60.7 Å². The van der Waals surface area contributed by atoms with Gasteiger partial charge in [0.25, 0.3) is 0 Å². The Labute approximate surface area is 134 Å². The molecule has 0 amide bonds. The molecular formula is C16H17IOS. The highest BCUT2D eigenvalue weighted by atomic mass is 127. The van der Waals surface area contributed by atoms with E-state index in [0.717, 1.165) is 11.1 Å². The zero-order valence-electron chi connectivity index (χ0n) is 11.0. The van der Waals surface area contributed by atoms with E-state index in [2.05, 4.69) is 12.5 Å². The van der Waals surface area contributed by atoms with Gasteiger partial charge in [0.1, 0.15) is 0 Å². The predicted octanol–water partition coefficient (Wildman–Crippen LogP) is 0.492. The summed E-state index contributed by atoms with van der Waals surface area (Å²) in [6.45, 7) is 0. The molecule has 100 valence electrons. The maximum Gasteiger partial charge on any atom is 0.219 e. The Hall–Kier alpha value is -0.810. The van der Waals surface area contributed by atoms with Crippen molar-refractivity contribution < 1.29 is 28.8 Å². The third kappa shape index (κ3) is 4.08. The molecule has 0 fully saturated rings. The van der Waals surface area contributed by atoms with Gasteiger partial charge in [-0.3, -0.25) is 4.79 Å². The Bertz CT molecular complexity index is 511. The van der Waals surface area contributed by atoms with E-state index < -0.39 is 0 Å². The largest absolute Gasteiger partial charge is 1.00 e. The molecule has 0 aliphatic rings. The summed E-state index contributed by atoms with van der Waals surface area (Å²) in [6.07, 6.45) is 4.25. The van der Waals surface area contributed by atoms with Crippen LogP contribution < -0.4 is 24.0 Å². The van der Waals surface area contributed by atoms with Crippen LogP contribution in [0.15, 0.2) is 60.7 Å². The summed E-state index contributed by atoms with van der Waals surface area (Å²) in [5, 5.41) is -0.0337. The maximum atomic E-state index is 12.6. The number of benzene rings is 2. The van der Waals surface area contributed by atoms with Crippen LogP contribution in [0.5, 0.6) is 0 Å². The van der Waals surface area contributed by atoms with E-state index in [1.165, 1.54) is 0 Å². The van der Waals surface area contributed by atoms with Crippen LogP contribution in [0.25, 0.3) is 0 Å². The summed E-state index contributed by atoms with van der Waals surface area (Å²) in [6, 6.07) is 19.6. The molecule has 19 heavy (non-hydrogen) atoms. The number of hydrogen-bond acceptors (Lipinski definition) is 1. The fourth-order valence-electron chi connectivity index (χ4n) is 2.02. The highest BCUT2D eigenvalue weighted by molar-refractivity contribution is 7.96. The van der Waals surface area contributed by atoms with Crippen molar-refractivity contribution >= 4 is 16.7 Å². The molecule has 0 aliphatic carbocycles. The van der Waals surface area contributed by atoms with E-state index >= 15 is 0 Å². The molecule has 2 rings (SSSR count). The molecule has 0 heterocycles. The van der Waals surface area contributed by atoms with E-state index in [1.54, 1.807) is 0 Å². The number of ketones is 1. The second-order valence-corrected chi connectivity index (χ2v) is 6.63. The third-order valence-electron chi connectivity index (χ3n) is 2.87. The lowest BCUT2D eigenvalue weighted by Gasteiger charge is -2.13. The average Bonchev–Trinajstić information content (AvgIpc) is 2.40. The first kappa shape index (κ1) is 16.2. The van der Waals surface area contributed by atoms with E-state index in [9.17, 15) is 4.79 Å². The van der Waals surface area contributed by atoms with E-state index in [-0.39, 0.29) is 45.9 Å². The molecule has 1 atom stereocenters. The second-order valence-electron chi connectivity index (χ2n) is 4.40. The molecule has 0 aliphatic heterocycles. The minimum Gasteiger partial charge on any atom is -1.00 e. The maximum absolute atomic E-state index is 12.6. The van der Waals surface area contributed by atoms with Gasteiger partial charge in [0.15, 0.2) is 0 Å². The highest BCUT2D eigenvalue weighted by Crippen LogP contribution is 2.26. The van der Waals surface area contributed by atoms with Crippen molar-refractivity contribution in [1.29, 1.82) is 0 Å². The molecule has 0 saturated heterocycles. The van der Waals surface area contributed by atoms with Crippen LogP contribution in [-0.4, -0.2) is 18.3 Å². The van der Waals surface area contributed by atoms with Crippen molar-refractivity contribution in [2.24, 2.45) is 0 Å². The summed E-state index contributed by atoms with van der Waals surface area (Å²) >= 11 is 0. The van der Waals surface area contributed by atoms with Crippen LogP contribution in [0.1, 0.15) is 21.2 Å². The lowest BCUT2D eigenvalue weighted by atomic mass is 10.0. The van der Waals surface area contributed by atoms with Gasteiger partial charge in [-0.25, -0.2) is 0 Å². The summed E-state index contributed by atoms with van der Waals surface area (Å²) in [5.41, 5.74) is 1.91. The quantitative estimate of drug-likeness (QED) is 0.426. The van der Waals surface area contributed by atoms with Crippen molar-refractivity contribution in [2.75, 3.05) is 12.5 Å². The van der Waals surface area contributed by atoms with Gasteiger partial charge in [-0.05, 0) is 10.9 Å². The van der Waals surface area contributed by atoms with Crippen LogP contribution in [-0.2, 0) is 10.9 Å². The van der Waals surface area contributed by atoms with Gasteiger partial charge < -0.3 is 24.0 Å². The summed E-state index contributed by atoms with van der Waals surface area (Å²) < 4.78 is 0. The zero-order chi connectivity index (χ0) is 13.0. The highest BCUT2D eigenvalue weighted by Gasteiger charge is 2.32. The van der Waals surface area contributed by atoms with Gasteiger partial charge in [0.05, 0.1) is 12.5 Å². The number of carbonyl (C=O) groups excluding carboxylic acids is 1. The Morgan fingerprint density at radius 1 is 0.895 bits per heavy atom. The number of halogens is 1. The topological polar surface area (TPSA) is 17.1 Å². The SMILES string of the molecule is C[S+](C)C(C(=O)c1ccccc1)c1ccccc1.[I-]. The Morgan fingerprint density at radius 2 is 1.37 bits per heavy atom. The van der Waals surface area contributed by atoms with Crippen molar-refractivity contribution in [3.05, 3.63) is 71.8 Å². The number of Topliss-reactive ketones (excluding diaryl/α,β-unsaturated/α-hetero) is 1. The molecule has 1 unspecified atom stereocenters. The van der Waals surface area contributed by atoms with Gasteiger partial charge in [-0.1, -0.05) is 60.7 Å². The van der Waals surface area contributed by atoms with E-state index in [0.29, 0.717) is 0 Å². The lowest BCUT2D eigenvalue weighted by Crippen LogP contribution is -3.00. The zero-order valence-corrected chi connectivity index (χ0v) is 14.0. The molecule has 0 aromatic heterocycles. The molecule has 0 spiro atoms. The van der Waals surface area contributed by atoms with Crippen LogP contribution in [0.2, 0.25) is 0 Å². The first-order chi connectivity index (χ1) is 8.70. The number of hydrogen-bond donors (Lipinski definition) is 0. The first-order valence-electron chi connectivity index (χ1n) is 5.91.